The van der Waals surface area contributed by atoms with Gasteiger partial charge in [-0.1, -0.05) is 31.0 Å². The standard InChI is InChI=1S/C18H24FN3OS/c1-2-22-17(14-6-4-3-5-7-14)20-21-18(22)24-13-12-23-16-10-8-15(19)9-11-16/h8-11,14H,2-7,12-13H2,1H3. The Bertz CT molecular complexity index is 638. The summed E-state index contributed by atoms with van der Waals surface area (Å²) in [6.07, 6.45) is 6.41. The first kappa shape index (κ1) is 17.3. The Balaban J connectivity index is 1.53. The van der Waals surface area contributed by atoms with Crippen molar-refractivity contribution in [2.24, 2.45) is 0 Å². The van der Waals surface area contributed by atoms with Crippen molar-refractivity contribution in [1.29, 1.82) is 0 Å². The lowest BCUT2D eigenvalue weighted by Crippen LogP contribution is -2.12. The molecule has 1 aliphatic carbocycles. The van der Waals surface area contributed by atoms with Crippen LogP contribution in [0, 0.1) is 5.82 Å². The second-order valence-electron chi connectivity index (χ2n) is 6.07. The van der Waals surface area contributed by atoms with Crippen LogP contribution in [0.4, 0.5) is 4.39 Å². The molecule has 0 saturated heterocycles. The maximum atomic E-state index is 12.9. The van der Waals surface area contributed by atoms with Crippen LogP contribution in [0.3, 0.4) is 0 Å². The van der Waals surface area contributed by atoms with E-state index in [2.05, 4.69) is 21.7 Å². The lowest BCUT2D eigenvalue weighted by molar-refractivity contribution is 0.343. The van der Waals surface area contributed by atoms with Crippen LogP contribution in [0.2, 0.25) is 0 Å². The van der Waals surface area contributed by atoms with Crippen LogP contribution in [0.1, 0.15) is 50.8 Å². The van der Waals surface area contributed by atoms with Gasteiger partial charge in [-0.25, -0.2) is 4.39 Å². The maximum absolute atomic E-state index is 12.9. The van der Waals surface area contributed by atoms with Gasteiger partial charge >= 0.3 is 0 Å². The van der Waals surface area contributed by atoms with Crippen LogP contribution < -0.4 is 4.74 Å². The van der Waals surface area contributed by atoms with E-state index in [1.54, 1.807) is 23.9 Å². The predicted octanol–water partition coefficient (Wildman–Crippen LogP) is 4.66. The average Bonchev–Trinajstić information content (AvgIpc) is 3.04. The monoisotopic (exact) mass is 349 g/mol. The summed E-state index contributed by atoms with van der Waals surface area (Å²) in [7, 11) is 0. The van der Waals surface area contributed by atoms with Crippen LogP contribution in [-0.4, -0.2) is 27.1 Å². The average molecular weight is 349 g/mol. The van der Waals surface area contributed by atoms with E-state index in [4.69, 9.17) is 4.74 Å². The summed E-state index contributed by atoms with van der Waals surface area (Å²) >= 11 is 1.67. The molecule has 1 heterocycles. The summed E-state index contributed by atoms with van der Waals surface area (Å²) in [6.45, 7) is 3.61. The van der Waals surface area contributed by atoms with Gasteiger partial charge in [-0.05, 0) is 44.0 Å². The Morgan fingerprint density at radius 3 is 2.62 bits per heavy atom. The Kier molecular flexibility index (Phi) is 6.12. The van der Waals surface area contributed by atoms with E-state index in [-0.39, 0.29) is 5.82 Å². The minimum atomic E-state index is -0.247. The summed E-state index contributed by atoms with van der Waals surface area (Å²) in [5.74, 6) is 2.95. The first-order valence-corrected chi connectivity index (χ1v) is 9.70. The van der Waals surface area contributed by atoms with Crippen LogP contribution in [0.15, 0.2) is 29.4 Å². The molecule has 4 nitrogen and oxygen atoms in total. The predicted molar refractivity (Wildman–Crippen MR) is 94.1 cm³/mol. The molecule has 1 aromatic carbocycles. The molecule has 0 radical (unpaired) electrons. The van der Waals surface area contributed by atoms with Crippen LogP contribution in [-0.2, 0) is 6.54 Å². The summed E-state index contributed by atoms with van der Waals surface area (Å²) < 4.78 is 20.7. The van der Waals surface area contributed by atoms with E-state index in [0.717, 1.165) is 23.3 Å². The number of benzene rings is 1. The molecule has 0 atom stereocenters. The SMILES string of the molecule is CCn1c(SCCOc2ccc(F)cc2)nnc1C1CCCCC1. The van der Waals surface area contributed by atoms with Crippen LogP contribution in [0.5, 0.6) is 5.75 Å². The fourth-order valence-electron chi connectivity index (χ4n) is 3.19. The van der Waals surface area contributed by atoms with Crippen LogP contribution in [0.25, 0.3) is 0 Å². The van der Waals surface area contributed by atoms with Gasteiger partial charge in [0.2, 0.25) is 0 Å². The molecule has 0 spiro atoms. The van der Waals surface area contributed by atoms with Crippen molar-refractivity contribution in [3.63, 3.8) is 0 Å². The zero-order valence-electron chi connectivity index (χ0n) is 14.1. The summed E-state index contributed by atoms with van der Waals surface area (Å²) in [4.78, 5) is 0. The Morgan fingerprint density at radius 2 is 1.92 bits per heavy atom. The van der Waals surface area contributed by atoms with Crippen molar-refractivity contribution in [1.82, 2.24) is 14.8 Å². The quantitative estimate of drug-likeness (QED) is 0.538. The Hall–Kier alpha value is -1.56. The minimum absolute atomic E-state index is 0.247. The molecular formula is C18H24FN3OS. The first-order chi connectivity index (χ1) is 11.8. The highest BCUT2D eigenvalue weighted by Crippen LogP contribution is 2.33. The lowest BCUT2D eigenvalue weighted by Gasteiger charge is -2.21. The topological polar surface area (TPSA) is 39.9 Å². The molecule has 1 aliphatic rings. The maximum Gasteiger partial charge on any atom is 0.191 e. The molecule has 2 aromatic rings. The Labute approximate surface area is 146 Å². The summed E-state index contributed by atoms with van der Waals surface area (Å²) in [6, 6.07) is 6.12. The molecule has 24 heavy (non-hydrogen) atoms. The third-order valence-corrected chi connectivity index (χ3v) is 5.36. The number of rotatable bonds is 7. The molecule has 1 aromatic heterocycles. The van der Waals surface area contributed by atoms with Crippen molar-refractivity contribution in [3.8, 4) is 5.75 Å². The zero-order chi connectivity index (χ0) is 16.8. The second kappa shape index (κ2) is 8.51. The van der Waals surface area contributed by atoms with E-state index in [1.165, 1.54) is 44.2 Å². The Morgan fingerprint density at radius 1 is 1.17 bits per heavy atom. The number of ether oxygens (including phenoxy) is 1. The lowest BCUT2D eigenvalue weighted by atomic mass is 9.89. The molecule has 0 amide bonds. The molecule has 0 N–H and O–H groups in total. The minimum Gasteiger partial charge on any atom is -0.493 e. The van der Waals surface area contributed by atoms with Gasteiger partial charge in [-0.15, -0.1) is 10.2 Å². The smallest absolute Gasteiger partial charge is 0.191 e. The first-order valence-electron chi connectivity index (χ1n) is 8.72. The van der Waals surface area contributed by atoms with Crippen LogP contribution >= 0.6 is 11.8 Å². The fraction of sp³-hybridized carbons (Fsp3) is 0.556. The van der Waals surface area contributed by atoms with Crippen molar-refractivity contribution in [2.75, 3.05) is 12.4 Å². The van der Waals surface area contributed by atoms with Gasteiger partial charge in [-0.2, -0.15) is 0 Å². The van der Waals surface area contributed by atoms with E-state index in [1.807, 2.05) is 0 Å². The molecular weight excluding hydrogens is 325 g/mol. The van der Waals surface area contributed by atoms with E-state index < -0.39 is 0 Å². The zero-order valence-corrected chi connectivity index (χ0v) is 14.9. The highest BCUT2D eigenvalue weighted by molar-refractivity contribution is 7.99. The van der Waals surface area contributed by atoms with Gasteiger partial charge in [0, 0.05) is 18.2 Å². The van der Waals surface area contributed by atoms with E-state index in [0.29, 0.717) is 18.3 Å². The highest BCUT2D eigenvalue weighted by Gasteiger charge is 2.22. The molecule has 6 heteroatoms. The van der Waals surface area contributed by atoms with Gasteiger partial charge in [0.05, 0.1) is 6.61 Å². The van der Waals surface area contributed by atoms with Crippen molar-refractivity contribution in [3.05, 3.63) is 35.9 Å². The highest BCUT2D eigenvalue weighted by atomic mass is 32.2. The van der Waals surface area contributed by atoms with Crippen molar-refractivity contribution < 1.29 is 9.13 Å². The van der Waals surface area contributed by atoms with Gasteiger partial charge in [0.15, 0.2) is 5.16 Å². The molecule has 0 unspecified atom stereocenters. The normalized spacial score (nSPS) is 15.6. The molecule has 0 bridgehead atoms. The third kappa shape index (κ3) is 4.29. The number of aromatic nitrogens is 3. The fourth-order valence-corrected chi connectivity index (χ4v) is 4.02. The third-order valence-electron chi connectivity index (χ3n) is 4.43. The summed E-state index contributed by atoms with van der Waals surface area (Å²) in [5, 5.41) is 9.83. The second-order valence-corrected chi connectivity index (χ2v) is 7.13. The van der Waals surface area contributed by atoms with Crippen molar-refractivity contribution >= 4 is 11.8 Å². The van der Waals surface area contributed by atoms with E-state index >= 15 is 0 Å². The number of halogens is 1. The van der Waals surface area contributed by atoms with Gasteiger partial charge in [-0.3, -0.25) is 0 Å². The van der Waals surface area contributed by atoms with Gasteiger partial charge in [0.1, 0.15) is 17.4 Å². The van der Waals surface area contributed by atoms with Crippen molar-refractivity contribution in [2.45, 2.75) is 56.6 Å². The largest absolute Gasteiger partial charge is 0.493 e. The van der Waals surface area contributed by atoms with E-state index in [9.17, 15) is 4.39 Å². The van der Waals surface area contributed by atoms with Gasteiger partial charge in [0.25, 0.3) is 0 Å². The summed E-state index contributed by atoms with van der Waals surface area (Å²) in [5.41, 5.74) is 0. The number of hydrogen-bond donors (Lipinski definition) is 0. The molecule has 130 valence electrons. The molecule has 1 fully saturated rings. The van der Waals surface area contributed by atoms with Gasteiger partial charge < -0.3 is 9.30 Å². The molecule has 3 rings (SSSR count). The number of thioether (sulfide) groups is 1. The molecule has 1 saturated carbocycles. The number of hydrogen-bond acceptors (Lipinski definition) is 4. The molecule has 0 aliphatic heterocycles. The number of nitrogens with zero attached hydrogens (tertiary/aromatic N) is 3.